The molecule has 1 rings (SSSR count). The predicted molar refractivity (Wildman–Crippen MR) is 78.3 cm³/mol. The molecular formula is C14H19NO4S. The van der Waals surface area contributed by atoms with Gasteiger partial charge in [-0.3, -0.25) is 4.79 Å². The summed E-state index contributed by atoms with van der Waals surface area (Å²) in [4.78, 5) is 11.1. The smallest absolute Gasteiger partial charge is 0.305 e. The van der Waals surface area contributed by atoms with Crippen molar-refractivity contribution in [3.63, 3.8) is 0 Å². The van der Waals surface area contributed by atoms with E-state index in [1.54, 1.807) is 6.92 Å². The lowest BCUT2D eigenvalue weighted by atomic mass is 10.2. The molecule has 0 aliphatic carbocycles. The average molecular weight is 297 g/mol. The van der Waals surface area contributed by atoms with Gasteiger partial charge in [0, 0.05) is 18.4 Å². The molecule has 0 spiro atoms. The Morgan fingerprint density at radius 1 is 1.30 bits per heavy atom. The van der Waals surface area contributed by atoms with E-state index >= 15 is 0 Å². The minimum Gasteiger partial charge on any atom is -0.466 e. The number of carbonyl (C=O) groups excluding carboxylic acids is 1. The van der Waals surface area contributed by atoms with Crippen molar-refractivity contribution in [2.45, 2.75) is 19.8 Å². The number of ether oxygens (including phenoxy) is 1. The molecule has 6 heteroatoms. The molecule has 1 aromatic rings. The van der Waals surface area contributed by atoms with Gasteiger partial charge in [0.15, 0.2) is 0 Å². The molecule has 0 bridgehead atoms. The Kier molecular flexibility index (Phi) is 6.97. The normalized spacial score (nSPS) is 11.7. The van der Waals surface area contributed by atoms with Gasteiger partial charge >= 0.3 is 5.97 Å². The standard InChI is InChI=1S/C14H19NO4S/c1-2-19-14(16)9-6-11-15-20(17,18)12-10-13-7-4-3-5-8-13/h3-5,7-8,10,12,15H,2,6,9,11H2,1H3/b12-10+. The second-order valence-electron chi connectivity index (χ2n) is 4.06. The van der Waals surface area contributed by atoms with Gasteiger partial charge in [-0.15, -0.1) is 0 Å². The van der Waals surface area contributed by atoms with Crippen LogP contribution in [0.4, 0.5) is 0 Å². The van der Waals surface area contributed by atoms with Crippen LogP contribution in [-0.2, 0) is 19.6 Å². The molecule has 0 heterocycles. The summed E-state index contributed by atoms with van der Waals surface area (Å²) >= 11 is 0. The lowest BCUT2D eigenvalue weighted by Crippen LogP contribution is -2.23. The van der Waals surface area contributed by atoms with Gasteiger partial charge in [-0.25, -0.2) is 13.1 Å². The van der Waals surface area contributed by atoms with Crippen molar-refractivity contribution in [1.82, 2.24) is 4.72 Å². The Balaban J connectivity index is 2.35. The molecule has 110 valence electrons. The minimum absolute atomic E-state index is 0.207. The van der Waals surface area contributed by atoms with Crippen molar-refractivity contribution in [3.8, 4) is 0 Å². The average Bonchev–Trinajstić information content (AvgIpc) is 2.43. The molecule has 1 N–H and O–H groups in total. The van der Waals surface area contributed by atoms with E-state index in [0.29, 0.717) is 13.0 Å². The van der Waals surface area contributed by atoms with Crippen molar-refractivity contribution in [1.29, 1.82) is 0 Å². The van der Waals surface area contributed by atoms with E-state index in [-0.39, 0.29) is 18.9 Å². The van der Waals surface area contributed by atoms with Crippen molar-refractivity contribution in [2.75, 3.05) is 13.2 Å². The molecule has 20 heavy (non-hydrogen) atoms. The molecule has 0 aromatic heterocycles. The number of benzene rings is 1. The molecule has 0 unspecified atom stereocenters. The van der Waals surface area contributed by atoms with Crippen LogP contribution in [0.15, 0.2) is 35.7 Å². The van der Waals surface area contributed by atoms with Crippen LogP contribution >= 0.6 is 0 Å². The van der Waals surface area contributed by atoms with Gasteiger partial charge in [0.1, 0.15) is 0 Å². The van der Waals surface area contributed by atoms with E-state index in [2.05, 4.69) is 4.72 Å². The highest BCUT2D eigenvalue weighted by atomic mass is 32.2. The summed E-state index contributed by atoms with van der Waals surface area (Å²) in [6.45, 7) is 2.28. The molecule has 0 radical (unpaired) electrons. The number of rotatable bonds is 8. The monoisotopic (exact) mass is 297 g/mol. The van der Waals surface area contributed by atoms with E-state index < -0.39 is 10.0 Å². The third-order valence-corrected chi connectivity index (χ3v) is 3.51. The van der Waals surface area contributed by atoms with Crippen LogP contribution in [0.3, 0.4) is 0 Å². The zero-order valence-electron chi connectivity index (χ0n) is 11.4. The Labute approximate surface area is 119 Å². The Bertz CT molecular complexity index is 538. The highest BCUT2D eigenvalue weighted by molar-refractivity contribution is 7.92. The summed E-state index contributed by atoms with van der Waals surface area (Å²) in [7, 11) is -3.47. The Morgan fingerprint density at radius 2 is 2.00 bits per heavy atom. The van der Waals surface area contributed by atoms with Crippen molar-refractivity contribution in [2.24, 2.45) is 0 Å². The number of hydrogen-bond acceptors (Lipinski definition) is 4. The van der Waals surface area contributed by atoms with Gasteiger partial charge in [-0.1, -0.05) is 30.3 Å². The van der Waals surface area contributed by atoms with E-state index in [4.69, 9.17) is 4.74 Å². The fourth-order valence-corrected chi connectivity index (χ4v) is 2.32. The first-order chi connectivity index (χ1) is 9.53. The van der Waals surface area contributed by atoms with Crippen molar-refractivity contribution < 1.29 is 17.9 Å². The highest BCUT2D eigenvalue weighted by Gasteiger charge is 2.06. The number of carbonyl (C=O) groups is 1. The summed E-state index contributed by atoms with van der Waals surface area (Å²) < 4.78 is 30.5. The third-order valence-electron chi connectivity index (χ3n) is 2.41. The first kappa shape index (κ1) is 16.4. The van der Waals surface area contributed by atoms with Crippen LogP contribution in [0.25, 0.3) is 6.08 Å². The number of nitrogens with one attached hydrogen (secondary N) is 1. The number of hydrogen-bond donors (Lipinski definition) is 1. The van der Waals surface area contributed by atoms with Crippen LogP contribution in [0.5, 0.6) is 0 Å². The first-order valence-electron chi connectivity index (χ1n) is 6.42. The largest absolute Gasteiger partial charge is 0.466 e. The van der Waals surface area contributed by atoms with Crippen LogP contribution < -0.4 is 4.72 Å². The second kappa shape index (κ2) is 8.50. The van der Waals surface area contributed by atoms with Gasteiger partial charge in [-0.05, 0) is 25.0 Å². The third kappa shape index (κ3) is 7.06. The number of sulfonamides is 1. The zero-order chi connectivity index (χ0) is 14.8. The number of esters is 1. The van der Waals surface area contributed by atoms with Gasteiger partial charge in [-0.2, -0.15) is 0 Å². The van der Waals surface area contributed by atoms with E-state index in [1.807, 2.05) is 30.3 Å². The Hall–Kier alpha value is -1.66. The fourth-order valence-electron chi connectivity index (χ4n) is 1.46. The van der Waals surface area contributed by atoms with Crippen LogP contribution in [0.1, 0.15) is 25.3 Å². The van der Waals surface area contributed by atoms with Gasteiger partial charge in [0.25, 0.3) is 0 Å². The Morgan fingerprint density at radius 3 is 2.65 bits per heavy atom. The van der Waals surface area contributed by atoms with E-state index in [9.17, 15) is 13.2 Å². The molecule has 0 aliphatic heterocycles. The fraction of sp³-hybridized carbons (Fsp3) is 0.357. The molecule has 0 saturated carbocycles. The highest BCUT2D eigenvalue weighted by Crippen LogP contribution is 2.02. The maximum Gasteiger partial charge on any atom is 0.305 e. The summed E-state index contributed by atoms with van der Waals surface area (Å²) in [5.74, 6) is -0.313. The van der Waals surface area contributed by atoms with Crippen molar-refractivity contribution in [3.05, 3.63) is 41.3 Å². The first-order valence-corrected chi connectivity index (χ1v) is 7.96. The molecule has 0 aliphatic rings. The lowest BCUT2D eigenvalue weighted by Gasteiger charge is -2.03. The molecule has 0 fully saturated rings. The predicted octanol–water partition coefficient (Wildman–Crippen LogP) is 1.92. The maximum absolute atomic E-state index is 11.7. The van der Waals surface area contributed by atoms with Gasteiger partial charge in [0.05, 0.1) is 6.61 Å². The molecule has 0 atom stereocenters. The lowest BCUT2D eigenvalue weighted by molar-refractivity contribution is -0.143. The van der Waals surface area contributed by atoms with Crippen LogP contribution in [0.2, 0.25) is 0 Å². The molecule has 5 nitrogen and oxygen atoms in total. The second-order valence-corrected chi connectivity index (χ2v) is 5.71. The SMILES string of the molecule is CCOC(=O)CCCNS(=O)(=O)/C=C/c1ccccc1. The molecular weight excluding hydrogens is 278 g/mol. The summed E-state index contributed by atoms with van der Waals surface area (Å²) in [5, 5.41) is 1.12. The van der Waals surface area contributed by atoms with E-state index in [0.717, 1.165) is 11.0 Å². The summed E-state index contributed by atoms with van der Waals surface area (Å²) in [6, 6.07) is 9.15. The molecule has 0 amide bonds. The van der Waals surface area contributed by atoms with Crippen LogP contribution in [-0.4, -0.2) is 27.5 Å². The summed E-state index contributed by atoms with van der Waals surface area (Å²) in [5.41, 5.74) is 0.810. The maximum atomic E-state index is 11.7. The quantitative estimate of drug-likeness (QED) is 0.588. The van der Waals surface area contributed by atoms with Gasteiger partial charge in [0.2, 0.25) is 10.0 Å². The molecule has 1 aromatic carbocycles. The molecule has 0 saturated heterocycles. The van der Waals surface area contributed by atoms with E-state index in [1.165, 1.54) is 6.08 Å². The van der Waals surface area contributed by atoms with Crippen LogP contribution in [0, 0.1) is 0 Å². The van der Waals surface area contributed by atoms with Gasteiger partial charge < -0.3 is 4.74 Å². The topological polar surface area (TPSA) is 72.5 Å². The van der Waals surface area contributed by atoms with Crippen molar-refractivity contribution >= 4 is 22.1 Å². The summed E-state index contributed by atoms with van der Waals surface area (Å²) in [6.07, 6.45) is 2.14. The minimum atomic E-state index is -3.47. The zero-order valence-corrected chi connectivity index (χ0v) is 12.2.